The molecule has 1 N–H and O–H groups in total. The minimum Gasteiger partial charge on any atom is -0.497 e. The third-order valence-electron chi connectivity index (χ3n) is 4.47. The van der Waals surface area contributed by atoms with Crippen LogP contribution < -0.4 is 10.2 Å². The molecule has 7 nitrogen and oxygen atoms in total. The molecule has 4 aromatic rings. The lowest BCUT2D eigenvalue weighted by molar-refractivity contribution is -0.118. The molecule has 0 unspecified atom stereocenters. The van der Waals surface area contributed by atoms with Crippen molar-refractivity contribution < 1.29 is 9.53 Å². The highest BCUT2D eigenvalue weighted by Gasteiger charge is 2.17. The normalized spacial score (nSPS) is 11.1. The number of methoxy groups -OCH3 is 1. The van der Waals surface area contributed by atoms with Gasteiger partial charge in [0.2, 0.25) is 0 Å². The maximum Gasteiger partial charge on any atom is 0.250 e. The highest BCUT2D eigenvalue weighted by atomic mass is 32.2. The van der Waals surface area contributed by atoms with Crippen molar-refractivity contribution in [2.45, 2.75) is 12.1 Å². The molecule has 9 heteroatoms. The number of ether oxygens (including phenoxy) is 1. The topological polar surface area (TPSA) is 81.4 Å². The maximum absolute atomic E-state index is 12.3. The number of nitrogens with zero attached hydrogens (tertiary/aromatic N) is 4. The lowest BCUT2D eigenvalue weighted by Gasteiger charge is -2.10. The van der Waals surface area contributed by atoms with E-state index in [1.54, 1.807) is 24.7 Å². The first-order valence-corrected chi connectivity index (χ1v) is 11.6. The molecule has 2 aromatic carbocycles. The molecular weight excluding hydrogens is 442 g/mol. The first-order valence-electron chi connectivity index (χ1n) is 9.80. The van der Waals surface area contributed by atoms with Crippen LogP contribution in [0.3, 0.4) is 0 Å². The van der Waals surface area contributed by atoms with E-state index >= 15 is 0 Å². The number of amides is 1. The van der Waals surface area contributed by atoms with Gasteiger partial charge in [0, 0.05) is 21.0 Å². The van der Waals surface area contributed by atoms with Gasteiger partial charge in [0.05, 0.1) is 19.1 Å². The summed E-state index contributed by atoms with van der Waals surface area (Å²) >= 11 is 2.92. The molecule has 4 rings (SSSR count). The SMILES string of the molecule is COc1ccc(-c2nnc(SCC(=O)NN=Cc3ccc(C)s3)n2-c2ccccc2)cc1. The quantitative estimate of drug-likeness (QED) is 0.235. The molecule has 2 heterocycles. The van der Waals surface area contributed by atoms with Crippen molar-refractivity contribution in [3.8, 4) is 22.8 Å². The summed E-state index contributed by atoms with van der Waals surface area (Å²) in [6.45, 7) is 2.03. The fourth-order valence-corrected chi connectivity index (χ4v) is 4.45. The number of aromatic nitrogens is 3. The monoisotopic (exact) mass is 463 g/mol. The first kappa shape index (κ1) is 21.8. The van der Waals surface area contributed by atoms with Gasteiger partial charge >= 0.3 is 0 Å². The molecule has 0 saturated heterocycles. The Balaban J connectivity index is 1.51. The number of rotatable bonds is 8. The molecule has 0 fully saturated rings. The Kier molecular flexibility index (Phi) is 6.98. The lowest BCUT2D eigenvalue weighted by atomic mass is 10.2. The maximum atomic E-state index is 12.3. The number of aryl methyl sites for hydroxylation is 1. The van der Waals surface area contributed by atoms with Crippen LogP contribution in [-0.2, 0) is 4.79 Å². The molecule has 0 bridgehead atoms. The van der Waals surface area contributed by atoms with E-state index in [2.05, 4.69) is 20.7 Å². The van der Waals surface area contributed by atoms with Gasteiger partial charge in [-0.1, -0.05) is 30.0 Å². The number of para-hydroxylation sites is 1. The van der Waals surface area contributed by atoms with Crippen molar-refractivity contribution in [3.05, 3.63) is 76.5 Å². The van der Waals surface area contributed by atoms with Gasteiger partial charge < -0.3 is 4.74 Å². The largest absolute Gasteiger partial charge is 0.497 e. The van der Waals surface area contributed by atoms with E-state index in [1.807, 2.05) is 78.2 Å². The average molecular weight is 464 g/mol. The van der Waals surface area contributed by atoms with Gasteiger partial charge in [-0.05, 0) is 55.5 Å². The fraction of sp³-hybridized carbons (Fsp3) is 0.130. The van der Waals surface area contributed by atoms with Crippen LogP contribution in [0.1, 0.15) is 9.75 Å². The van der Waals surface area contributed by atoms with Crippen LogP contribution in [0, 0.1) is 6.92 Å². The Morgan fingerprint density at radius 3 is 2.59 bits per heavy atom. The molecule has 0 radical (unpaired) electrons. The standard InChI is InChI=1S/C23H21N5O2S2/c1-16-8-13-20(32-16)14-24-25-21(29)15-31-23-27-26-22(17-9-11-19(30-2)12-10-17)28(23)18-6-4-3-5-7-18/h3-14H,15H2,1-2H3,(H,25,29). The molecule has 0 saturated carbocycles. The molecule has 1 amide bonds. The fourth-order valence-electron chi connectivity index (χ4n) is 2.95. The van der Waals surface area contributed by atoms with Gasteiger partial charge in [-0.2, -0.15) is 5.10 Å². The van der Waals surface area contributed by atoms with E-state index < -0.39 is 0 Å². The van der Waals surface area contributed by atoms with Crippen molar-refractivity contribution in [2.75, 3.05) is 12.9 Å². The number of hydrogen-bond acceptors (Lipinski definition) is 7. The Labute approximate surface area is 194 Å². The van der Waals surface area contributed by atoms with Crippen LogP contribution in [-0.4, -0.2) is 39.7 Å². The molecule has 32 heavy (non-hydrogen) atoms. The second-order valence-corrected chi connectivity index (χ2v) is 9.00. The summed E-state index contributed by atoms with van der Waals surface area (Å²) in [4.78, 5) is 14.5. The number of carbonyl (C=O) groups is 1. The summed E-state index contributed by atoms with van der Waals surface area (Å²) in [6, 6.07) is 21.4. The van der Waals surface area contributed by atoms with Crippen LogP contribution in [0.4, 0.5) is 0 Å². The van der Waals surface area contributed by atoms with E-state index in [1.165, 1.54) is 16.6 Å². The summed E-state index contributed by atoms with van der Waals surface area (Å²) < 4.78 is 7.19. The molecule has 0 spiro atoms. The van der Waals surface area contributed by atoms with Crippen LogP contribution in [0.5, 0.6) is 5.75 Å². The summed E-state index contributed by atoms with van der Waals surface area (Å²) in [7, 11) is 1.63. The van der Waals surface area contributed by atoms with E-state index in [0.717, 1.165) is 21.9 Å². The molecule has 162 valence electrons. The predicted octanol–water partition coefficient (Wildman–Crippen LogP) is 4.56. The van der Waals surface area contributed by atoms with E-state index in [0.29, 0.717) is 11.0 Å². The van der Waals surface area contributed by atoms with E-state index in [9.17, 15) is 4.79 Å². The number of hydrazone groups is 1. The number of benzene rings is 2. The van der Waals surface area contributed by atoms with Crippen molar-refractivity contribution in [3.63, 3.8) is 0 Å². The Hall–Kier alpha value is -3.43. The third kappa shape index (κ3) is 5.24. The lowest BCUT2D eigenvalue weighted by Crippen LogP contribution is -2.19. The third-order valence-corrected chi connectivity index (χ3v) is 6.33. The zero-order valence-electron chi connectivity index (χ0n) is 17.6. The number of carbonyl (C=O) groups excluding carboxylic acids is 1. The van der Waals surface area contributed by atoms with Gasteiger partial charge in [0.15, 0.2) is 11.0 Å². The van der Waals surface area contributed by atoms with Crippen molar-refractivity contribution >= 4 is 35.2 Å². The average Bonchev–Trinajstić information content (AvgIpc) is 3.44. The minimum absolute atomic E-state index is 0.161. The smallest absolute Gasteiger partial charge is 0.250 e. The van der Waals surface area contributed by atoms with Crippen LogP contribution in [0.25, 0.3) is 17.1 Å². The highest BCUT2D eigenvalue weighted by Crippen LogP contribution is 2.28. The molecule has 0 aliphatic heterocycles. The number of hydrogen-bond donors (Lipinski definition) is 1. The summed E-state index contributed by atoms with van der Waals surface area (Å²) in [5, 5.41) is 13.4. The summed E-state index contributed by atoms with van der Waals surface area (Å²) in [5.41, 5.74) is 4.38. The van der Waals surface area contributed by atoms with Crippen molar-refractivity contribution in [2.24, 2.45) is 5.10 Å². The summed E-state index contributed by atoms with van der Waals surface area (Å²) in [5.74, 6) is 1.40. The van der Waals surface area contributed by atoms with Crippen LogP contribution in [0.2, 0.25) is 0 Å². The van der Waals surface area contributed by atoms with Gasteiger partial charge in [-0.25, -0.2) is 5.43 Å². The zero-order chi connectivity index (χ0) is 22.3. The number of thioether (sulfide) groups is 1. The van der Waals surface area contributed by atoms with Crippen LogP contribution >= 0.6 is 23.1 Å². The van der Waals surface area contributed by atoms with Crippen molar-refractivity contribution in [1.29, 1.82) is 0 Å². The van der Waals surface area contributed by atoms with Gasteiger partial charge in [-0.15, -0.1) is 21.5 Å². The van der Waals surface area contributed by atoms with E-state index in [-0.39, 0.29) is 11.7 Å². The molecular formula is C23H21N5O2S2. The predicted molar refractivity (Wildman–Crippen MR) is 129 cm³/mol. The van der Waals surface area contributed by atoms with Gasteiger partial charge in [0.25, 0.3) is 5.91 Å². The second kappa shape index (κ2) is 10.3. The summed E-state index contributed by atoms with van der Waals surface area (Å²) in [6.07, 6.45) is 1.65. The molecule has 0 aliphatic rings. The number of nitrogens with one attached hydrogen (secondary N) is 1. The number of thiophene rings is 1. The molecule has 0 aliphatic carbocycles. The second-order valence-electron chi connectivity index (χ2n) is 6.74. The molecule has 0 atom stereocenters. The first-order chi connectivity index (χ1) is 15.6. The van der Waals surface area contributed by atoms with Crippen LogP contribution in [0.15, 0.2) is 77.0 Å². The molecule has 2 aromatic heterocycles. The minimum atomic E-state index is -0.215. The highest BCUT2D eigenvalue weighted by molar-refractivity contribution is 7.99. The Morgan fingerprint density at radius 1 is 1.12 bits per heavy atom. The van der Waals surface area contributed by atoms with Gasteiger partial charge in [0.1, 0.15) is 5.75 Å². The zero-order valence-corrected chi connectivity index (χ0v) is 19.2. The van der Waals surface area contributed by atoms with Crippen molar-refractivity contribution in [1.82, 2.24) is 20.2 Å². The Bertz CT molecular complexity index is 1220. The van der Waals surface area contributed by atoms with E-state index in [4.69, 9.17) is 4.74 Å². The Morgan fingerprint density at radius 2 is 1.91 bits per heavy atom. The van der Waals surface area contributed by atoms with Gasteiger partial charge in [-0.3, -0.25) is 9.36 Å².